The van der Waals surface area contributed by atoms with Crippen LogP contribution in [0.3, 0.4) is 0 Å². The number of hydrogen-bond donors (Lipinski definition) is 1. The van der Waals surface area contributed by atoms with Crippen molar-refractivity contribution in [2.45, 2.75) is 40.7 Å². The Labute approximate surface area is 114 Å². The number of nitrogens with one attached hydrogen (secondary N) is 1. The van der Waals surface area contributed by atoms with Crippen molar-refractivity contribution in [2.24, 2.45) is 5.41 Å². The molecule has 0 spiro atoms. The van der Waals surface area contributed by atoms with Gasteiger partial charge >= 0.3 is 0 Å². The Hall–Kier alpha value is -1.65. The molecule has 2 rings (SSSR count). The van der Waals surface area contributed by atoms with Gasteiger partial charge in [-0.15, -0.1) is 0 Å². The number of aromatic nitrogens is 2. The Morgan fingerprint density at radius 1 is 1.26 bits per heavy atom. The van der Waals surface area contributed by atoms with E-state index in [1.807, 2.05) is 40.7 Å². The Morgan fingerprint density at radius 3 is 2.26 bits per heavy atom. The first-order valence-electron chi connectivity index (χ1n) is 6.64. The van der Waals surface area contributed by atoms with Gasteiger partial charge in [0.2, 0.25) is 11.9 Å². The SMILES string of the molecule is Cc1cc(C)nc(N2CC(NC(=O)C(C)(C)C)C2)n1. The molecule has 5 heteroatoms. The van der Waals surface area contributed by atoms with Crippen LogP contribution in [0.15, 0.2) is 6.07 Å². The minimum atomic E-state index is -0.336. The summed E-state index contributed by atoms with van der Waals surface area (Å²) >= 11 is 0. The van der Waals surface area contributed by atoms with Crippen LogP contribution >= 0.6 is 0 Å². The number of nitrogens with zero attached hydrogens (tertiary/aromatic N) is 3. The molecule has 0 unspecified atom stereocenters. The van der Waals surface area contributed by atoms with Crippen LogP contribution < -0.4 is 10.2 Å². The summed E-state index contributed by atoms with van der Waals surface area (Å²) in [5, 5.41) is 3.05. The third kappa shape index (κ3) is 3.22. The Morgan fingerprint density at radius 2 is 1.79 bits per heavy atom. The Kier molecular flexibility index (Phi) is 3.47. The number of carbonyl (C=O) groups excluding carboxylic acids is 1. The molecule has 104 valence electrons. The summed E-state index contributed by atoms with van der Waals surface area (Å²) in [6.45, 7) is 11.3. The van der Waals surface area contributed by atoms with Crippen molar-refractivity contribution in [3.05, 3.63) is 17.5 Å². The Balaban J connectivity index is 1.91. The first kappa shape index (κ1) is 13.8. The van der Waals surface area contributed by atoms with E-state index in [0.717, 1.165) is 30.4 Å². The number of aryl methyl sites for hydroxylation is 2. The van der Waals surface area contributed by atoms with Gasteiger partial charge in [0.15, 0.2) is 0 Å². The molecule has 1 aromatic rings. The molecule has 1 aliphatic heterocycles. The summed E-state index contributed by atoms with van der Waals surface area (Å²) in [5.74, 6) is 0.859. The van der Waals surface area contributed by atoms with Gasteiger partial charge in [-0.05, 0) is 19.9 Å². The van der Waals surface area contributed by atoms with E-state index in [-0.39, 0.29) is 17.4 Å². The van der Waals surface area contributed by atoms with E-state index in [1.165, 1.54) is 0 Å². The lowest BCUT2D eigenvalue weighted by atomic mass is 9.94. The summed E-state index contributed by atoms with van der Waals surface area (Å²) < 4.78 is 0. The zero-order valence-corrected chi connectivity index (χ0v) is 12.3. The molecule has 1 saturated heterocycles. The quantitative estimate of drug-likeness (QED) is 0.876. The van der Waals surface area contributed by atoms with Crippen molar-refractivity contribution in [2.75, 3.05) is 18.0 Å². The van der Waals surface area contributed by atoms with E-state index in [1.54, 1.807) is 0 Å². The van der Waals surface area contributed by atoms with Gasteiger partial charge in [-0.3, -0.25) is 4.79 Å². The average molecular weight is 262 g/mol. The van der Waals surface area contributed by atoms with Gasteiger partial charge in [-0.2, -0.15) is 0 Å². The van der Waals surface area contributed by atoms with E-state index in [0.29, 0.717) is 0 Å². The van der Waals surface area contributed by atoms with E-state index >= 15 is 0 Å². The van der Waals surface area contributed by atoms with E-state index in [2.05, 4.69) is 20.2 Å². The van der Waals surface area contributed by atoms with Crippen LogP contribution in [-0.2, 0) is 4.79 Å². The molecule has 1 aromatic heterocycles. The van der Waals surface area contributed by atoms with Gasteiger partial charge in [0.1, 0.15) is 0 Å². The fourth-order valence-corrected chi connectivity index (χ4v) is 1.98. The Bertz CT molecular complexity index is 466. The molecule has 1 aliphatic rings. The van der Waals surface area contributed by atoms with Gasteiger partial charge in [-0.1, -0.05) is 20.8 Å². The highest BCUT2D eigenvalue weighted by molar-refractivity contribution is 5.81. The highest BCUT2D eigenvalue weighted by Crippen LogP contribution is 2.19. The van der Waals surface area contributed by atoms with Crippen LogP contribution in [0.4, 0.5) is 5.95 Å². The maximum absolute atomic E-state index is 11.9. The summed E-state index contributed by atoms with van der Waals surface area (Å²) in [6.07, 6.45) is 0. The third-order valence-corrected chi connectivity index (χ3v) is 3.15. The lowest BCUT2D eigenvalue weighted by Crippen LogP contribution is -2.61. The average Bonchev–Trinajstić information content (AvgIpc) is 2.19. The van der Waals surface area contributed by atoms with E-state index in [4.69, 9.17) is 0 Å². The van der Waals surface area contributed by atoms with Crippen LogP contribution in [0, 0.1) is 19.3 Å². The van der Waals surface area contributed by atoms with Crippen molar-refractivity contribution < 1.29 is 4.79 Å². The van der Waals surface area contributed by atoms with Crippen LogP contribution in [0.25, 0.3) is 0 Å². The molecule has 0 saturated carbocycles. The van der Waals surface area contributed by atoms with Gasteiger partial charge in [-0.25, -0.2) is 9.97 Å². The monoisotopic (exact) mass is 262 g/mol. The molecule has 1 fully saturated rings. The van der Waals surface area contributed by atoms with Crippen LogP contribution in [-0.4, -0.2) is 35.0 Å². The van der Waals surface area contributed by atoms with Crippen molar-refractivity contribution in [3.8, 4) is 0 Å². The predicted octanol–water partition coefficient (Wildman–Crippen LogP) is 1.44. The van der Waals surface area contributed by atoms with Gasteiger partial charge in [0.05, 0.1) is 6.04 Å². The summed E-state index contributed by atoms with van der Waals surface area (Å²) in [5.41, 5.74) is 1.62. The molecule has 0 aromatic carbocycles. The summed E-state index contributed by atoms with van der Waals surface area (Å²) in [7, 11) is 0. The van der Waals surface area contributed by atoms with Crippen molar-refractivity contribution in [1.29, 1.82) is 0 Å². The summed E-state index contributed by atoms with van der Waals surface area (Å²) in [4.78, 5) is 22.8. The van der Waals surface area contributed by atoms with Crippen molar-refractivity contribution >= 4 is 11.9 Å². The molecule has 2 heterocycles. The molecule has 0 atom stereocenters. The molecule has 0 aliphatic carbocycles. The fraction of sp³-hybridized carbons (Fsp3) is 0.643. The molecule has 0 bridgehead atoms. The first-order valence-corrected chi connectivity index (χ1v) is 6.64. The molecule has 0 radical (unpaired) electrons. The second-order valence-electron chi connectivity index (χ2n) is 6.28. The fourth-order valence-electron chi connectivity index (χ4n) is 1.98. The van der Waals surface area contributed by atoms with E-state index in [9.17, 15) is 4.79 Å². The zero-order chi connectivity index (χ0) is 14.2. The zero-order valence-electron chi connectivity index (χ0n) is 12.3. The smallest absolute Gasteiger partial charge is 0.225 e. The van der Waals surface area contributed by atoms with Crippen molar-refractivity contribution in [3.63, 3.8) is 0 Å². The number of amides is 1. The minimum Gasteiger partial charge on any atom is -0.349 e. The maximum atomic E-state index is 11.9. The molecule has 19 heavy (non-hydrogen) atoms. The lowest BCUT2D eigenvalue weighted by Gasteiger charge is -2.40. The molecule has 1 amide bonds. The van der Waals surface area contributed by atoms with E-state index < -0.39 is 0 Å². The molecule has 5 nitrogen and oxygen atoms in total. The topological polar surface area (TPSA) is 58.1 Å². The van der Waals surface area contributed by atoms with Crippen molar-refractivity contribution in [1.82, 2.24) is 15.3 Å². The number of rotatable bonds is 2. The highest BCUT2D eigenvalue weighted by Gasteiger charge is 2.32. The highest BCUT2D eigenvalue weighted by atomic mass is 16.2. The van der Waals surface area contributed by atoms with Gasteiger partial charge < -0.3 is 10.2 Å². The number of hydrogen-bond acceptors (Lipinski definition) is 4. The standard InChI is InChI=1S/C14H22N4O/c1-9-6-10(2)16-13(15-9)18-7-11(8-18)17-12(19)14(3,4)5/h6,11H,7-8H2,1-5H3,(H,17,19). The summed E-state index contributed by atoms with van der Waals surface area (Å²) in [6, 6.07) is 2.17. The first-order chi connectivity index (χ1) is 8.75. The van der Waals surface area contributed by atoms with Crippen LogP contribution in [0.1, 0.15) is 32.2 Å². The van der Waals surface area contributed by atoms with Gasteiger partial charge in [0.25, 0.3) is 0 Å². The second kappa shape index (κ2) is 4.79. The molecule has 1 N–H and O–H groups in total. The number of carbonyl (C=O) groups is 1. The van der Waals surface area contributed by atoms with Gasteiger partial charge in [0, 0.05) is 29.9 Å². The largest absolute Gasteiger partial charge is 0.349 e. The normalized spacial score (nSPS) is 16.2. The maximum Gasteiger partial charge on any atom is 0.225 e. The molecular weight excluding hydrogens is 240 g/mol. The number of anilines is 1. The second-order valence-corrected chi connectivity index (χ2v) is 6.28. The third-order valence-electron chi connectivity index (χ3n) is 3.15. The van der Waals surface area contributed by atoms with Crippen LogP contribution in [0.5, 0.6) is 0 Å². The van der Waals surface area contributed by atoms with Crippen LogP contribution in [0.2, 0.25) is 0 Å². The predicted molar refractivity (Wildman–Crippen MR) is 75.1 cm³/mol. The molecular formula is C14H22N4O. The minimum absolute atomic E-state index is 0.0958. The lowest BCUT2D eigenvalue weighted by molar-refractivity contribution is -0.129.